The molecule has 0 spiro atoms. The van der Waals surface area contributed by atoms with E-state index in [0.29, 0.717) is 6.61 Å². The molecule has 0 amide bonds. The van der Waals surface area contributed by atoms with Crippen molar-refractivity contribution in [3.8, 4) is 0 Å². The summed E-state index contributed by atoms with van der Waals surface area (Å²) in [6.45, 7) is 2.65. The molecule has 122 valence electrons. The molecule has 0 aromatic rings. The number of aliphatic hydroxyl groups is 1. The third-order valence-corrected chi connectivity index (χ3v) is 4.99. The first-order valence-corrected chi connectivity index (χ1v) is 10.3. The number of rotatable bonds is 17. The second-order valence-electron chi connectivity index (χ2n) is 5.93. The Morgan fingerprint density at radius 1 is 0.550 bits per heavy atom. The summed E-state index contributed by atoms with van der Waals surface area (Å²) in [7, 11) is 0. The Balaban J connectivity index is 2.89. The Kier molecular flexibility index (Phi) is 19.6. The van der Waals surface area contributed by atoms with E-state index in [1.165, 1.54) is 95.0 Å². The molecular formula is C18H38OS. The number of unbranched alkanes of at least 4 members (excludes halogenated alkanes) is 12. The van der Waals surface area contributed by atoms with Crippen molar-refractivity contribution in [1.82, 2.24) is 0 Å². The van der Waals surface area contributed by atoms with Crippen LogP contribution in [0.5, 0.6) is 0 Å². The zero-order chi connectivity index (χ0) is 14.7. The quantitative estimate of drug-likeness (QED) is 0.323. The maximum atomic E-state index is 8.67. The topological polar surface area (TPSA) is 20.2 Å². The predicted molar refractivity (Wildman–Crippen MR) is 94.7 cm³/mol. The summed E-state index contributed by atoms with van der Waals surface area (Å²) in [4.78, 5) is 0. The van der Waals surface area contributed by atoms with Crippen molar-refractivity contribution in [2.75, 3.05) is 18.1 Å². The van der Waals surface area contributed by atoms with Gasteiger partial charge in [0.1, 0.15) is 0 Å². The van der Waals surface area contributed by atoms with Crippen molar-refractivity contribution in [2.24, 2.45) is 0 Å². The molecule has 0 aliphatic rings. The summed E-state index contributed by atoms with van der Waals surface area (Å²) in [6, 6.07) is 0. The lowest BCUT2D eigenvalue weighted by Gasteiger charge is -2.03. The van der Waals surface area contributed by atoms with E-state index < -0.39 is 0 Å². The summed E-state index contributed by atoms with van der Waals surface area (Å²) in [5, 5.41) is 8.67. The van der Waals surface area contributed by atoms with Gasteiger partial charge in [0.2, 0.25) is 0 Å². The molecule has 0 bridgehead atoms. The van der Waals surface area contributed by atoms with Gasteiger partial charge in [-0.2, -0.15) is 11.8 Å². The monoisotopic (exact) mass is 302 g/mol. The van der Waals surface area contributed by atoms with Gasteiger partial charge in [-0.25, -0.2) is 0 Å². The zero-order valence-electron chi connectivity index (χ0n) is 13.9. The van der Waals surface area contributed by atoms with Crippen molar-refractivity contribution >= 4 is 11.8 Å². The molecular weight excluding hydrogens is 264 g/mol. The fourth-order valence-electron chi connectivity index (χ4n) is 2.46. The molecule has 1 N–H and O–H groups in total. The fourth-order valence-corrected chi connectivity index (χ4v) is 3.48. The maximum absolute atomic E-state index is 8.67. The summed E-state index contributed by atoms with van der Waals surface area (Å²) in [5.74, 6) is 2.56. The molecule has 1 nitrogen and oxygen atoms in total. The Morgan fingerprint density at radius 2 is 0.950 bits per heavy atom. The van der Waals surface area contributed by atoms with E-state index in [1.807, 2.05) is 0 Å². The molecule has 0 fully saturated rings. The third kappa shape index (κ3) is 18.3. The van der Waals surface area contributed by atoms with Crippen LogP contribution in [0.4, 0.5) is 0 Å². The second kappa shape index (κ2) is 19.3. The van der Waals surface area contributed by atoms with E-state index in [0.717, 1.165) is 6.42 Å². The average Bonchev–Trinajstić information content (AvgIpc) is 2.47. The van der Waals surface area contributed by atoms with Crippen LogP contribution < -0.4 is 0 Å². The van der Waals surface area contributed by atoms with Gasteiger partial charge in [0.15, 0.2) is 0 Å². The van der Waals surface area contributed by atoms with Crippen molar-refractivity contribution in [2.45, 2.75) is 96.8 Å². The summed E-state index contributed by atoms with van der Waals surface area (Å²) >= 11 is 2.06. The smallest absolute Gasteiger partial charge is 0.0431 e. The molecule has 0 atom stereocenters. The van der Waals surface area contributed by atoms with Gasteiger partial charge < -0.3 is 5.11 Å². The highest BCUT2D eigenvalue weighted by atomic mass is 32.2. The molecule has 0 saturated heterocycles. The molecule has 0 saturated carbocycles. The van der Waals surface area contributed by atoms with Gasteiger partial charge in [0.05, 0.1) is 0 Å². The summed E-state index contributed by atoms with van der Waals surface area (Å²) in [5.41, 5.74) is 0. The van der Waals surface area contributed by atoms with E-state index in [-0.39, 0.29) is 0 Å². The van der Waals surface area contributed by atoms with Crippen molar-refractivity contribution in [3.05, 3.63) is 0 Å². The van der Waals surface area contributed by atoms with E-state index >= 15 is 0 Å². The lowest BCUT2D eigenvalue weighted by Crippen LogP contribution is -1.88. The maximum Gasteiger partial charge on any atom is 0.0431 e. The number of thioether (sulfide) groups is 1. The van der Waals surface area contributed by atoms with E-state index in [9.17, 15) is 0 Å². The Labute approximate surface area is 132 Å². The summed E-state index contributed by atoms with van der Waals surface area (Å²) < 4.78 is 0. The van der Waals surface area contributed by atoms with Crippen LogP contribution in [0.2, 0.25) is 0 Å². The molecule has 0 aromatic heterocycles. The summed E-state index contributed by atoms with van der Waals surface area (Å²) in [6.07, 6.45) is 19.4. The molecule has 0 rings (SSSR count). The van der Waals surface area contributed by atoms with Crippen LogP contribution in [-0.4, -0.2) is 23.2 Å². The Hall–Kier alpha value is 0.310. The third-order valence-electron chi connectivity index (χ3n) is 3.84. The van der Waals surface area contributed by atoms with Crippen LogP contribution in [-0.2, 0) is 0 Å². The highest BCUT2D eigenvalue weighted by Gasteiger charge is 1.94. The van der Waals surface area contributed by atoms with Crippen molar-refractivity contribution < 1.29 is 5.11 Å². The second-order valence-corrected chi connectivity index (χ2v) is 7.16. The minimum atomic E-state index is 0.360. The molecule has 0 unspecified atom stereocenters. The van der Waals surface area contributed by atoms with Crippen LogP contribution in [0.3, 0.4) is 0 Å². The van der Waals surface area contributed by atoms with Gasteiger partial charge in [-0.3, -0.25) is 0 Å². The normalized spacial score (nSPS) is 11.1. The first kappa shape index (κ1) is 20.3. The fraction of sp³-hybridized carbons (Fsp3) is 1.00. The molecule has 0 heterocycles. The standard InChI is InChI=1S/C18H38OS/c1-2-3-4-5-6-7-8-9-10-11-12-14-17-20-18-15-13-16-19/h19H,2-18H2,1H3. The van der Waals surface area contributed by atoms with Crippen LogP contribution in [0, 0.1) is 0 Å². The van der Waals surface area contributed by atoms with Gasteiger partial charge in [-0.05, 0) is 30.8 Å². The van der Waals surface area contributed by atoms with Gasteiger partial charge in [0.25, 0.3) is 0 Å². The predicted octanol–water partition coefficient (Wildman–Crippen LogP) is 6.19. The van der Waals surface area contributed by atoms with Gasteiger partial charge in [-0.1, -0.05) is 77.6 Å². The Morgan fingerprint density at radius 3 is 1.40 bits per heavy atom. The Bertz CT molecular complexity index is 143. The van der Waals surface area contributed by atoms with Crippen LogP contribution in [0.15, 0.2) is 0 Å². The number of aliphatic hydroxyl groups excluding tert-OH is 1. The van der Waals surface area contributed by atoms with Gasteiger partial charge in [-0.15, -0.1) is 0 Å². The minimum Gasteiger partial charge on any atom is -0.396 e. The van der Waals surface area contributed by atoms with Crippen LogP contribution in [0.25, 0.3) is 0 Å². The first-order chi connectivity index (χ1) is 9.91. The molecule has 0 aromatic carbocycles. The lowest BCUT2D eigenvalue weighted by atomic mass is 10.1. The van der Waals surface area contributed by atoms with Crippen molar-refractivity contribution in [1.29, 1.82) is 0 Å². The molecule has 0 aliphatic heterocycles. The highest BCUT2D eigenvalue weighted by Crippen LogP contribution is 2.13. The molecule has 20 heavy (non-hydrogen) atoms. The molecule has 0 radical (unpaired) electrons. The van der Waals surface area contributed by atoms with Crippen LogP contribution in [0.1, 0.15) is 96.8 Å². The van der Waals surface area contributed by atoms with Crippen molar-refractivity contribution in [3.63, 3.8) is 0 Å². The van der Waals surface area contributed by atoms with E-state index in [2.05, 4.69) is 18.7 Å². The number of hydrogen-bond donors (Lipinski definition) is 1. The highest BCUT2D eigenvalue weighted by molar-refractivity contribution is 7.99. The zero-order valence-corrected chi connectivity index (χ0v) is 14.7. The van der Waals surface area contributed by atoms with E-state index in [4.69, 9.17) is 5.11 Å². The SMILES string of the molecule is CCCCCCCCCCCCCCSCCCCO. The molecule has 2 heteroatoms. The minimum absolute atomic E-state index is 0.360. The number of hydrogen-bond acceptors (Lipinski definition) is 2. The van der Waals surface area contributed by atoms with Gasteiger partial charge in [0, 0.05) is 6.61 Å². The van der Waals surface area contributed by atoms with E-state index in [1.54, 1.807) is 0 Å². The average molecular weight is 303 g/mol. The largest absolute Gasteiger partial charge is 0.396 e. The first-order valence-electron chi connectivity index (χ1n) is 9.10. The van der Waals surface area contributed by atoms with Crippen LogP contribution >= 0.6 is 11.8 Å². The molecule has 0 aliphatic carbocycles. The lowest BCUT2D eigenvalue weighted by molar-refractivity contribution is 0.287. The van der Waals surface area contributed by atoms with Gasteiger partial charge >= 0.3 is 0 Å².